The molecule has 3 amide bonds. The van der Waals surface area contributed by atoms with Crippen LogP contribution in [0.4, 0.5) is 0 Å². The van der Waals surface area contributed by atoms with Crippen LogP contribution in [0.15, 0.2) is 0 Å². The zero-order valence-corrected chi connectivity index (χ0v) is 13.3. The van der Waals surface area contributed by atoms with Gasteiger partial charge in [-0.1, -0.05) is 13.8 Å². The van der Waals surface area contributed by atoms with Crippen molar-refractivity contribution in [1.29, 1.82) is 0 Å². The molecule has 1 unspecified atom stereocenters. The van der Waals surface area contributed by atoms with Crippen molar-refractivity contribution in [2.75, 3.05) is 7.05 Å². The van der Waals surface area contributed by atoms with Crippen molar-refractivity contribution in [3.63, 3.8) is 0 Å². The van der Waals surface area contributed by atoms with Gasteiger partial charge in [-0.25, -0.2) is 0 Å². The lowest BCUT2D eigenvalue weighted by molar-refractivity contribution is -0.132. The van der Waals surface area contributed by atoms with Gasteiger partial charge in [0.2, 0.25) is 18.2 Å². The summed E-state index contributed by atoms with van der Waals surface area (Å²) in [5.41, 5.74) is -1.50. The Morgan fingerprint density at radius 2 is 1.75 bits per heavy atom. The van der Waals surface area contributed by atoms with Gasteiger partial charge < -0.3 is 10.6 Å². The van der Waals surface area contributed by atoms with Gasteiger partial charge in [-0.05, 0) is 40.2 Å². The molecule has 0 saturated carbocycles. The third-order valence-electron chi connectivity index (χ3n) is 3.11. The maximum atomic E-state index is 11.9. The molecule has 6 nitrogen and oxygen atoms in total. The number of nitrogens with one attached hydrogen (secondary N) is 3. The van der Waals surface area contributed by atoms with Crippen LogP contribution in [0.5, 0.6) is 0 Å². The molecule has 0 aromatic carbocycles. The summed E-state index contributed by atoms with van der Waals surface area (Å²) >= 11 is 0. The molecule has 6 heteroatoms. The SMILES string of the molecule is CNC(C)(CC(C)(C)NC(=O)CC(C)C)C(=O)NC=O. The number of rotatable bonds is 8. The number of carbonyl (C=O) groups excluding carboxylic acids is 3. The Morgan fingerprint density at radius 3 is 2.15 bits per heavy atom. The van der Waals surface area contributed by atoms with Gasteiger partial charge in [0.05, 0.1) is 5.54 Å². The molecule has 1 atom stereocenters. The van der Waals surface area contributed by atoms with Crippen molar-refractivity contribution in [3.05, 3.63) is 0 Å². The zero-order valence-electron chi connectivity index (χ0n) is 13.3. The van der Waals surface area contributed by atoms with Gasteiger partial charge in [-0.15, -0.1) is 0 Å². The molecule has 3 N–H and O–H groups in total. The van der Waals surface area contributed by atoms with Gasteiger partial charge in [-0.2, -0.15) is 0 Å². The lowest BCUT2D eigenvalue weighted by Crippen LogP contribution is -2.59. The second-order valence-corrected chi connectivity index (χ2v) is 6.38. The van der Waals surface area contributed by atoms with Crippen molar-refractivity contribution in [2.24, 2.45) is 5.92 Å². The maximum absolute atomic E-state index is 11.9. The van der Waals surface area contributed by atoms with E-state index in [1.54, 1.807) is 14.0 Å². The zero-order chi connectivity index (χ0) is 16.0. The van der Waals surface area contributed by atoms with Crippen LogP contribution in [0.3, 0.4) is 0 Å². The predicted octanol–water partition coefficient (Wildman–Crippen LogP) is 0.568. The summed E-state index contributed by atoms with van der Waals surface area (Å²) < 4.78 is 0. The number of imide groups is 1. The number of likely N-dealkylation sites (N-methyl/N-ethyl adjacent to an activating group) is 1. The first kappa shape index (κ1) is 18.6. The fraction of sp³-hybridized carbons (Fsp3) is 0.786. The van der Waals surface area contributed by atoms with E-state index in [4.69, 9.17) is 0 Å². The van der Waals surface area contributed by atoms with Crippen LogP contribution in [0.2, 0.25) is 0 Å². The van der Waals surface area contributed by atoms with Crippen LogP contribution < -0.4 is 16.0 Å². The molecule has 0 fully saturated rings. The highest BCUT2D eigenvalue weighted by Crippen LogP contribution is 2.21. The molecular formula is C14H27N3O3. The third kappa shape index (κ3) is 6.14. The Balaban J connectivity index is 4.81. The summed E-state index contributed by atoms with van der Waals surface area (Å²) in [6, 6.07) is 0. The molecule has 0 spiro atoms. The van der Waals surface area contributed by atoms with Crippen LogP contribution in [0.1, 0.15) is 47.5 Å². The lowest BCUT2D eigenvalue weighted by Gasteiger charge is -2.36. The van der Waals surface area contributed by atoms with E-state index >= 15 is 0 Å². The number of carbonyl (C=O) groups is 3. The van der Waals surface area contributed by atoms with E-state index in [-0.39, 0.29) is 11.8 Å². The molecule has 0 aliphatic heterocycles. The van der Waals surface area contributed by atoms with Crippen molar-refractivity contribution in [2.45, 2.75) is 58.5 Å². The highest BCUT2D eigenvalue weighted by atomic mass is 16.2. The Kier molecular flexibility index (Phi) is 6.85. The van der Waals surface area contributed by atoms with E-state index in [1.165, 1.54) is 0 Å². The highest BCUT2D eigenvalue weighted by molar-refractivity contribution is 5.93. The quantitative estimate of drug-likeness (QED) is 0.569. The first-order valence-corrected chi connectivity index (χ1v) is 6.81. The molecule has 116 valence electrons. The number of hydrogen-bond acceptors (Lipinski definition) is 4. The first-order chi connectivity index (χ1) is 9.06. The minimum Gasteiger partial charge on any atom is -0.351 e. The summed E-state index contributed by atoms with van der Waals surface area (Å²) in [4.78, 5) is 34.2. The normalized spacial score (nSPS) is 14.6. The molecule has 20 heavy (non-hydrogen) atoms. The number of amides is 3. The minimum absolute atomic E-state index is 0.0424. The molecule has 0 bridgehead atoms. The van der Waals surface area contributed by atoms with Gasteiger partial charge in [0, 0.05) is 12.0 Å². The van der Waals surface area contributed by atoms with E-state index in [9.17, 15) is 14.4 Å². The third-order valence-corrected chi connectivity index (χ3v) is 3.11. The summed E-state index contributed by atoms with van der Waals surface area (Å²) in [5.74, 6) is -0.180. The summed E-state index contributed by atoms with van der Waals surface area (Å²) in [7, 11) is 1.65. The maximum Gasteiger partial charge on any atom is 0.246 e. The lowest BCUT2D eigenvalue weighted by atomic mass is 9.84. The molecule has 0 aromatic rings. The molecule has 0 aliphatic carbocycles. The van der Waals surface area contributed by atoms with Crippen LogP contribution in [-0.4, -0.2) is 36.3 Å². The van der Waals surface area contributed by atoms with E-state index < -0.39 is 17.0 Å². The fourth-order valence-corrected chi connectivity index (χ4v) is 2.22. The molecule has 0 aromatic heterocycles. The fourth-order valence-electron chi connectivity index (χ4n) is 2.22. The van der Waals surface area contributed by atoms with Crippen molar-refractivity contribution in [3.8, 4) is 0 Å². The molecule has 0 saturated heterocycles. The largest absolute Gasteiger partial charge is 0.351 e. The van der Waals surface area contributed by atoms with Crippen molar-refractivity contribution >= 4 is 18.2 Å². The molecule has 0 aliphatic rings. The van der Waals surface area contributed by atoms with E-state index in [0.29, 0.717) is 19.3 Å². The average Bonchev–Trinajstić information content (AvgIpc) is 2.26. The Labute approximate surface area is 121 Å². The average molecular weight is 285 g/mol. The smallest absolute Gasteiger partial charge is 0.246 e. The summed E-state index contributed by atoms with van der Waals surface area (Å²) in [5, 5.41) is 7.99. The Bertz CT molecular complexity index is 367. The van der Waals surface area contributed by atoms with Gasteiger partial charge in [0.15, 0.2) is 0 Å². The summed E-state index contributed by atoms with van der Waals surface area (Å²) in [6.07, 6.45) is 1.17. The Morgan fingerprint density at radius 1 is 1.20 bits per heavy atom. The molecule has 0 rings (SSSR count). The summed E-state index contributed by atoms with van der Waals surface area (Å²) in [6.45, 7) is 9.36. The first-order valence-electron chi connectivity index (χ1n) is 6.81. The highest BCUT2D eigenvalue weighted by Gasteiger charge is 2.38. The topological polar surface area (TPSA) is 87.3 Å². The van der Waals surface area contributed by atoms with Gasteiger partial charge in [0.25, 0.3) is 0 Å². The van der Waals surface area contributed by atoms with E-state index in [2.05, 4.69) is 16.0 Å². The van der Waals surface area contributed by atoms with Crippen LogP contribution in [-0.2, 0) is 14.4 Å². The number of hydrogen-bond donors (Lipinski definition) is 3. The van der Waals surface area contributed by atoms with Gasteiger partial charge in [0.1, 0.15) is 0 Å². The molecule has 0 radical (unpaired) electrons. The second kappa shape index (κ2) is 7.38. The van der Waals surface area contributed by atoms with Crippen molar-refractivity contribution < 1.29 is 14.4 Å². The van der Waals surface area contributed by atoms with Crippen LogP contribution in [0.25, 0.3) is 0 Å². The van der Waals surface area contributed by atoms with Crippen molar-refractivity contribution in [1.82, 2.24) is 16.0 Å². The minimum atomic E-state index is -0.935. The monoisotopic (exact) mass is 285 g/mol. The van der Waals surface area contributed by atoms with Crippen LogP contribution >= 0.6 is 0 Å². The standard InChI is InChI=1S/C14H27N3O3/c1-10(2)7-11(19)17-13(3,4)8-14(5,15-6)12(20)16-9-18/h9-10,15H,7-8H2,1-6H3,(H,17,19)(H,16,18,20). The second-order valence-electron chi connectivity index (χ2n) is 6.38. The van der Waals surface area contributed by atoms with E-state index in [0.717, 1.165) is 0 Å². The van der Waals surface area contributed by atoms with Gasteiger partial charge in [-0.3, -0.25) is 19.7 Å². The molecule has 0 heterocycles. The van der Waals surface area contributed by atoms with Gasteiger partial charge >= 0.3 is 0 Å². The Hall–Kier alpha value is -1.43. The predicted molar refractivity (Wildman–Crippen MR) is 78.0 cm³/mol. The molecular weight excluding hydrogens is 258 g/mol. The van der Waals surface area contributed by atoms with E-state index in [1.807, 2.05) is 27.7 Å². The van der Waals surface area contributed by atoms with Crippen LogP contribution in [0, 0.1) is 5.92 Å².